The average Bonchev–Trinajstić information content (AvgIpc) is 3.03. The molecule has 2 saturated heterocycles. The third-order valence-corrected chi connectivity index (χ3v) is 11.7. The molecular formula is C22H38O5Si. The van der Waals surface area contributed by atoms with Crippen LogP contribution in [0.1, 0.15) is 54.9 Å². The maximum atomic E-state index is 12.7. The zero-order chi connectivity index (χ0) is 21.1. The second kappa shape index (κ2) is 6.93. The molecule has 0 aromatic heterocycles. The fourth-order valence-corrected chi connectivity index (χ4v) is 5.83. The molecule has 1 aliphatic carbocycles. The topological polar surface area (TPSA) is 54.0 Å². The van der Waals surface area contributed by atoms with Gasteiger partial charge in [-0.3, -0.25) is 4.79 Å². The molecule has 6 atom stereocenters. The van der Waals surface area contributed by atoms with Gasteiger partial charge in [-0.05, 0) is 52.2 Å². The van der Waals surface area contributed by atoms with E-state index >= 15 is 0 Å². The minimum atomic E-state index is -1.93. The zero-order valence-corrected chi connectivity index (χ0v) is 20.0. The predicted octanol–water partition coefficient (Wildman–Crippen LogP) is 4.67. The lowest BCUT2D eigenvalue weighted by Gasteiger charge is -2.40. The molecule has 28 heavy (non-hydrogen) atoms. The van der Waals surface area contributed by atoms with Gasteiger partial charge in [0.15, 0.2) is 14.1 Å². The summed E-state index contributed by atoms with van der Waals surface area (Å²) >= 11 is 0. The quantitative estimate of drug-likeness (QED) is 0.383. The van der Waals surface area contributed by atoms with Crippen LogP contribution in [0.4, 0.5) is 0 Å². The smallest absolute Gasteiger partial charge is 0.310 e. The van der Waals surface area contributed by atoms with E-state index in [1.54, 1.807) is 0 Å². The van der Waals surface area contributed by atoms with Crippen LogP contribution in [0.25, 0.3) is 0 Å². The van der Waals surface area contributed by atoms with Gasteiger partial charge in [0.25, 0.3) is 0 Å². The van der Waals surface area contributed by atoms with E-state index in [0.717, 1.165) is 0 Å². The first-order chi connectivity index (χ1) is 12.7. The molecule has 0 bridgehead atoms. The molecule has 3 rings (SSSR count). The van der Waals surface area contributed by atoms with E-state index in [2.05, 4.69) is 46.0 Å². The number of esters is 1. The van der Waals surface area contributed by atoms with Crippen LogP contribution in [0.3, 0.4) is 0 Å². The molecule has 6 heteroatoms. The summed E-state index contributed by atoms with van der Waals surface area (Å²) < 4.78 is 24.6. The SMILES string of the molecule is C[C@H](O[Si](C)(C)C(C)(C)C)[C@@H]1OC(=O)[C@@H]2C[C@H]([C@]3(C)OCC(C)(C)O3)C=C[C@H]12. The Kier molecular flexibility index (Phi) is 5.45. The van der Waals surface area contributed by atoms with Crippen molar-refractivity contribution < 1.29 is 23.4 Å². The Labute approximate surface area is 171 Å². The lowest BCUT2D eigenvalue weighted by Crippen LogP contribution is -2.47. The normalized spacial score (nSPS) is 39.0. The Hall–Kier alpha value is -0.693. The first-order valence-corrected chi connectivity index (χ1v) is 13.5. The number of carbonyl (C=O) groups excluding carboxylic acids is 1. The molecule has 0 unspecified atom stereocenters. The lowest BCUT2D eigenvalue weighted by atomic mass is 9.75. The van der Waals surface area contributed by atoms with Gasteiger partial charge in [0.1, 0.15) is 6.10 Å². The van der Waals surface area contributed by atoms with Crippen molar-refractivity contribution >= 4 is 14.3 Å². The highest BCUT2D eigenvalue weighted by molar-refractivity contribution is 6.74. The molecule has 3 aliphatic rings. The van der Waals surface area contributed by atoms with Crippen molar-refractivity contribution in [1.29, 1.82) is 0 Å². The summed E-state index contributed by atoms with van der Waals surface area (Å²) in [5.74, 6) is -0.860. The van der Waals surface area contributed by atoms with E-state index in [0.29, 0.717) is 13.0 Å². The van der Waals surface area contributed by atoms with E-state index in [4.69, 9.17) is 18.6 Å². The molecule has 0 radical (unpaired) electrons. The van der Waals surface area contributed by atoms with Crippen molar-refractivity contribution in [2.75, 3.05) is 6.61 Å². The van der Waals surface area contributed by atoms with E-state index in [1.807, 2.05) is 27.7 Å². The summed E-state index contributed by atoms with van der Waals surface area (Å²) in [6.07, 6.45) is 4.66. The van der Waals surface area contributed by atoms with Gasteiger partial charge in [0.05, 0.1) is 24.2 Å². The van der Waals surface area contributed by atoms with Crippen molar-refractivity contribution in [2.45, 2.75) is 96.6 Å². The number of rotatable bonds is 4. The molecule has 160 valence electrons. The van der Waals surface area contributed by atoms with Crippen LogP contribution in [-0.2, 0) is 23.4 Å². The molecule has 0 aromatic carbocycles. The van der Waals surface area contributed by atoms with Gasteiger partial charge in [-0.1, -0.05) is 32.9 Å². The first-order valence-electron chi connectivity index (χ1n) is 10.6. The molecule has 0 amide bonds. The highest BCUT2D eigenvalue weighted by Crippen LogP contribution is 2.47. The second-order valence-electron chi connectivity index (χ2n) is 11.1. The molecule has 5 nitrogen and oxygen atoms in total. The predicted molar refractivity (Wildman–Crippen MR) is 111 cm³/mol. The summed E-state index contributed by atoms with van der Waals surface area (Å²) in [7, 11) is -1.93. The fourth-order valence-electron chi connectivity index (χ4n) is 4.41. The van der Waals surface area contributed by atoms with Gasteiger partial charge in [-0.2, -0.15) is 0 Å². The Bertz CT molecular complexity index is 650. The van der Waals surface area contributed by atoms with Gasteiger partial charge in [-0.15, -0.1) is 0 Å². The summed E-state index contributed by atoms with van der Waals surface area (Å²) in [5, 5.41) is 0.120. The lowest BCUT2D eigenvalue weighted by molar-refractivity contribution is -0.197. The maximum absolute atomic E-state index is 12.7. The largest absolute Gasteiger partial charge is 0.459 e. The van der Waals surface area contributed by atoms with Gasteiger partial charge in [0.2, 0.25) is 0 Å². The zero-order valence-electron chi connectivity index (χ0n) is 19.0. The van der Waals surface area contributed by atoms with Gasteiger partial charge in [-0.25, -0.2) is 0 Å². The molecule has 0 aromatic rings. The number of hydrogen-bond acceptors (Lipinski definition) is 5. The maximum Gasteiger partial charge on any atom is 0.310 e. The standard InChI is InChI=1S/C22H38O5Si/c1-14(26-28(8,9)20(2,3)4)18-16-11-10-15(12-17(16)19(23)25-18)22(7)24-13-21(5,6)27-22/h10-11,14-18H,12-13H2,1-9H3/t14-,15+,16-,17+,18-,22+/m0/s1. The highest BCUT2D eigenvalue weighted by atomic mass is 28.4. The minimum absolute atomic E-state index is 0.0402. The fraction of sp³-hybridized carbons (Fsp3) is 0.864. The number of carbonyl (C=O) groups is 1. The Balaban J connectivity index is 1.74. The van der Waals surface area contributed by atoms with Crippen molar-refractivity contribution in [2.24, 2.45) is 17.8 Å². The van der Waals surface area contributed by atoms with Crippen LogP contribution >= 0.6 is 0 Å². The Morgan fingerprint density at radius 3 is 2.39 bits per heavy atom. The van der Waals surface area contributed by atoms with Gasteiger partial charge >= 0.3 is 5.97 Å². The van der Waals surface area contributed by atoms with Crippen LogP contribution in [0.15, 0.2) is 12.2 Å². The number of hydrogen-bond donors (Lipinski definition) is 0. The molecule has 2 aliphatic heterocycles. The minimum Gasteiger partial charge on any atom is -0.459 e. The van der Waals surface area contributed by atoms with Gasteiger partial charge in [0, 0.05) is 11.8 Å². The van der Waals surface area contributed by atoms with E-state index < -0.39 is 14.1 Å². The summed E-state index contributed by atoms with van der Waals surface area (Å²) in [6, 6.07) is 0. The molecular weight excluding hydrogens is 372 g/mol. The van der Waals surface area contributed by atoms with Crippen LogP contribution < -0.4 is 0 Å². The summed E-state index contributed by atoms with van der Waals surface area (Å²) in [6.45, 7) is 19.8. The second-order valence-corrected chi connectivity index (χ2v) is 15.8. The number of fused-ring (bicyclic) bond motifs is 1. The third-order valence-electron chi connectivity index (χ3n) is 7.08. The molecule has 0 spiro atoms. The number of cyclic esters (lactones) is 1. The van der Waals surface area contributed by atoms with Crippen LogP contribution in [0.2, 0.25) is 18.1 Å². The van der Waals surface area contributed by atoms with Gasteiger partial charge < -0.3 is 18.6 Å². The van der Waals surface area contributed by atoms with Crippen molar-refractivity contribution in [1.82, 2.24) is 0 Å². The monoisotopic (exact) mass is 410 g/mol. The van der Waals surface area contributed by atoms with Crippen LogP contribution in [0, 0.1) is 17.8 Å². The molecule has 0 N–H and O–H groups in total. The highest BCUT2D eigenvalue weighted by Gasteiger charge is 2.54. The van der Waals surface area contributed by atoms with Crippen molar-refractivity contribution in [3.63, 3.8) is 0 Å². The summed E-state index contributed by atoms with van der Waals surface area (Å²) in [5.41, 5.74) is -0.302. The molecule has 2 fully saturated rings. The van der Waals surface area contributed by atoms with Crippen molar-refractivity contribution in [3.8, 4) is 0 Å². The average molecular weight is 411 g/mol. The Morgan fingerprint density at radius 2 is 1.86 bits per heavy atom. The molecule has 0 saturated carbocycles. The van der Waals surface area contributed by atoms with Crippen LogP contribution in [-0.4, -0.2) is 44.5 Å². The van der Waals surface area contributed by atoms with Crippen molar-refractivity contribution in [3.05, 3.63) is 12.2 Å². The third kappa shape index (κ3) is 3.98. The first kappa shape index (κ1) is 22.0. The van der Waals surface area contributed by atoms with E-state index in [-0.39, 0.29) is 46.6 Å². The molecule has 2 heterocycles. The Morgan fingerprint density at radius 1 is 1.21 bits per heavy atom. The van der Waals surface area contributed by atoms with E-state index in [1.165, 1.54) is 0 Å². The number of ether oxygens (including phenoxy) is 3. The van der Waals surface area contributed by atoms with Crippen LogP contribution in [0.5, 0.6) is 0 Å². The van der Waals surface area contributed by atoms with E-state index in [9.17, 15) is 4.79 Å². The summed E-state index contributed by atoms with van der Waals surface area (Å²) in [4.78, 5) is 12.7.